The smallest absolute Gasteiger partial charge is 0.288 e. The maximum Gasteiger partial charge on any atom is 0.288 e. The standard InChI is InChI=1S/C16H16N4O3/c1-11(21)18-13-7-5-12(6-8-13)10-15(22)19-20-16(23)14-4-2-3-9-17-14/h2-9H,10H2,1H3,(H,18,21)(H,19,22)(H,20,23). The Morgan fingerprint density at radius 1 is 1.00 bits per heavy atom. The van der Waals surface area contributed by atoms with Crippen molar-refractivity contribution in [2.24, 2.45) is 0 Å². The van der Waals surface area contributed by atoms with Gasteiger partial charge < -0.3 is 5.32 Å². The number of nitrogens with one attached hydrogen (secondary N) is 3. The summed E-state index contributed by atoms with van der Waals surface area (Å²) in [7, 11) is 0. The van der Waals surface area contributed by atoms with E-state index in [1.807, 2.05) is 0 Å². The summed E-state index contributed by atoms with van der Waals surface area (Å²) in [6.07, 6.45) is 1.59. The van der Waals surface area contributed by atoms with Crippen molar-refractivity contribution in [3.63, 3.8) is 0 Å². The molecule has 1 heterocycles. The van der Waals surface area contributed by atoms with Gasteiger partial charge in [0.05, 0.1) is 6.42 Å². The second-order valence-electron chi connectivity index (χ2n) is 4.77. The zero-order valence-electron chi connectivity index (χ0n) is 12.5. The van der Waals surface area contributed by atoms with Crippen LogP contribution in [0.1, 0.15) is 23.0 Å². The first-order chi connectivity index (χ1) is 11.0. The third-order valence-electron chi connectivity index (χ3n) is 2.85. The number of hydrazine groups is 1. The average molecular weight is 312 g/mol. The quantitative estimate of drug-likeness (QED) is 0.734. The molecule has 7 nitrogen and oxygen atoms in total. The van der Waals surface area contributed by atoms with Crippen LogP contribution in [0, 0.1) is 0 Å². The molecule has 0 aliphatic carbocycles. The predicted molar refractivity (Wildman–Crippen MR) is 84.3 cm³/mol. The first-order valence-electron chi connectivity index (χ1n) is 6.91. The number of aromatic nitrogens is 1. The van der Waals surface area contributed by atoms with Crippen molar-refractivity contribution in [3.8, 4) is 0 Å². The molecule has 3 N–H and O–H groups in total. The van der Waals surface area contributed by atoms with Crippen molar-refractivity contribution in [2.75, 3.05) is 5.32 Å². The number of carbonyl (C=O) groups is 3. The molecule has 0 saturated heterocycles. The van der Waals surface area contributed by atoms with Gasteiger partial charge in [0.2, 0.25) is 11.8 Å². The molecule has 1 aromatic heterocycles. The summed E-state index contributed by atoms with van der Waals surface area (Å²) < 4.78 is 0. The van der Waals surface area contributed by atoms with Crippen molar-refractivity contribution in [1.29, 1.82) is 0 Å². The van der Waals surface area contributed by atoms with E-state index in [0.717, 1.165) is 5.56 Å². The minimum absolute atomic E-state index is 0.100. The van der Waals surface area contributed by atoms with E-state index in [9.17, 15) is 14.4 Å². The monoisotopic (exact) mass is 312 g/mol. The summed E-state index contributed by atoms with van der Waals surface area (Å²) >= 11 is 0. The highest BCUT2D eigenvalue weighted by Crippen LogP contribution is 2.09. The lowest BCUT2D eigenvalue weighted by molar-refractivity contribution is -0.121. The van der Waals surface area contributed by atoms with Gasteiger partial charge in [-0.05, 0) is 29.8 Å². The van der Waals surface area contributed by atoms with Crippen molar-refractivity contribution < 1.29 is 14.4 Å². The van der Waals surface area contributed by atoms with E-state index in [4.69, 9.17) is 0 Å². The molecule has 0 spiro atoms. The highest BCUT2D eigenvalue weighted by Gasteiger charge is 2.08. The lowest BCUT2D eigenvalue weighted by atomic mass is 10.1. The maximum atomic E-state index is 11.8. The van der Waals surface area contributed by atoms with Gasteiger partial charge in [-0.25, -0.2) is 0 Å². The Morgan fingerprint density at radius 2 is 1.74 bits per heavy atom. The Hall–Kier alpha value is -3.22. The molecule has 3 amide bonds. The molecule has 23 heavy (non-hydrogen) atoms. The fourth-order valence-corrected chi connectivity index (χ4v) is 1.83. The molecular weight excluding hydrogens is 296 g/mol. The number of hydrogen-bond acceptors (Lipinski definition) is 4. The molecule has 2 rings (SSSR count). The van der Waals surface area contributed by atoms with E-state index < -0.39 is 5.91 Å². The van der Waals surface area contributed by atoms with Gasteiger partial charge in [0, 0.05) is 18.8 Å². The maximum absolute atomic E-state index is 11.8. The molecule has 0 aliphatic heterocycles. The molecule has 0 fully saturated rings. The van der Waals surface area contributed by atoms with Crippen LogP contribution in [0.5, 0.6) is 0 Å². The molecule has 0 bridgehead atoms. The third kappa shape index (κ3) is 5.24. The van der Waals surface area contributed by atoms with Gasteiger partial charge in [-0.1, -0.05) is 18.2 Å². The Morgan fingerprint density at radius 3 is 2.35 bits per heavy atom. The highest BCUT2D eigenvalue weighted by atomic mass is 16.2. The van der Waals surface area contributed by atoms with Gasteiger partial charge in [-0.3, -0.25) is 30.2 Å². The van der Waals surface area contributed by atoms with Crippen LogP contribution in [0.3, 0.4) is 0 Å². The zero-order chi connectivity index (χ0) is 16.7. The van der Waals surface area contributed by atoms with Crippen LogP contribution in [-0.4, -0.2) is 22.7 Å². The summed E-state index contributed by atoms with van der Waals surface area (Å²) in [4.78, 5) is 38.3. The number of amides is 3. The summed E-state index contributed by atoms with van der Waals surface area (Å²) in [6.45, 7) is 1.42. The van der Waals surface area contributed by atoms with Gasteiger partial charge in [0.1, 0.15) is 5.69 Å². The summed E-state index contributed by atoms with van der Waals surface area (Å²) in [5.41, 5.74) is 6.25. The van der Waals surface area contributed by atoms with Crippen LogP contribution in [0.25, 0.3) is 0 Å². The van der Waals surface area contributed by atoms with Gasteiger partial charge >= 0.3 is 0 Å². The predicted octanol–water partition coefficient (Wildman–Crippen LogP) is 1.04. The topological polar surface area (TPSA) is 100 Å². The Bertz CT molecular complexity index is 699. The molecule has 0 aliphatic rings. The number of rotatable bonds is 4. The number of hydrogen-bond donors (Lipinski definition) is 3. The number of benzene rings is 1. The average Bonchev–Trinajstić information content (AvgIpc) is 2.55. The van der Waals surface area contributed by atoms with Crippen LogP contribution >= 0.6 is 0 Å². The van der Waals surface area contributed by atoms with E-state index in [1.54, 1.807) is 42.5 Å². The summed E-state index contributed by atoms with van der Waals surface area (Å²) in [5.74, 6) is -1.01. The number of pyridine rings is 1. The van der Waals surface area contributed by atoms with Crippen LogP contribution in [0.15, 0.2) is 48.7 Å². The molecule has 0 saturated carbocycles. The van der Waals surface area contributed by atoms with Crippen LogP contribution < -0.4 is 16.2 Å². The van der Waals surface area contributed by atoms with E-state index in [0.29, 0.717) is 5.69 Å². The lowest BCUT2D eigenvalue weighted by Gasteiger charge is -2.07. The number of anilines is 1. The van der Waals surface area contributed by atoms with Crippen LogP contribution in [-0.2, 0) is 16.0 Å². The zero-order valence-corrected chi connectivity index (χ0v) is 12.5. The van der Waals surface area contributed by atoms with Crippen molar-refractivity contribution in [2.45, 2.75) is 13.3 Å². The van der Waals surface area contributed by atoms with E-state index in [2.05, 4.69) is 21.2 Å². The molecule has 118 valence electrons. The normalized spacial score (nSPS) is 9.78. The number of nitrogens with zero attached hydrogens (tertiary/aromatic N) is 1. The van der Waals surface area contributed by atoms with Crippen molar-refractivity contribution >= 4 is 23.4 Å². The Labute approximate surface area is 133 Å². The summed E-state index contributed by atoms with van der Waals surface area (Å²) in [5, 5.41) is 2.64. The largest absolute Gasteiger partial charge is 0.326 e. The molecule has 2 aromatic rings. The van der Waals surface area contributed by atoms with Crippen LogP contribution in [0.2, 0.25) is 0 Å². The van der Waals surface area contributed by atoms with E-state index in [1.165, 1.54) is 13.1 Å². The van der Waals surface area contributed by atoms with Crippen LogP contribution in [0.4, 0.5) is 5.69 Å². The molecule has 1 aromatic carbocycles. The fourth-order valence-electron chi connectivity index (χ4n) is 1.83. The first-order valence-corrected chi connectivity index (χ1v) is 6.91. The molecule has 7 heteroatoms. The SMILES string of the molecule is CC(=O)Nc1ccc(CC(=O)NNC(=O)c2ccccn2)cc1. The molecular formula is C16H16N4O3. The lowest BCUT2D eigenvalue weighted by Crippen LogP contribution is -2.42. The summed E-state index contributed by atoms with van der Waals surface area (Å²) in [6, 6.07) is 11.8. The second-order valence-corrected chi connectivity index (χ2v) is 4.77. The van der Waals surface area contributed by atoms with E-state index >= 15 is 0 Å². The second kappa shape index (κ2) is 7.69. The number of carbonyl (C=O) groups excluding carboxylic acids is 3. The first kappa shape index (κ1) is 16.2. The fraction of sp³-hybridized carbons (Fsp3) is 0.125. The van der Waals surface area contributed by atoms with E-state index in [-0.39, 0.29) is 23.9 Å². The molecule has 0 radical (unpaired) electrons. The van der Waals surface area contributed by atoms with Gasteiger partial charge in [-0.15, -0.1) is 0 Å². The third-order valence-corrected chi connectivity index (χ3v) is 2.85. The minimum atomic E-state index is -0.486. The molecule has 0 atom stereocenters. The van der Waals surface area contributed by atoms with Gasteiger partial charge in [0.25, 0.3) is 5.91 Å². The minimum Gasteiger partial charge on any atom is -0.326 e. The van der Waals surface area contributed by atoms with Gasteiger partial charge in [-0.2, -0.15) is 0 Å². The van der Waals surface area contributed by atoms with Gasteiger partial charge in [0.15, 0.2) is 0 Å². The Kier molecular flexibility index (Phi) is 5.40. The Balaban J connectivity index is 1.83. The van der Waals surface area contributed by atoms with Crippen molar-refractivity contribution in [1.82, 2.24) is 15.8 Å². The highest BCUT2D eigenvalue weighted by molar-refractivity contribution is 5.93. The molecule has 0 unspecified atom stereocenters. The van der Waals surface area contributed by atoms with Crippen molar-refractivity contribution in [3.05, 3.63) is 59.9 Å².